The van der Waals surface area contributed by atoms with Gasteiger partial charge >= 0.3 is 6.18 Å². The molecule has 0 amide bonds. The highest BCUT2D eigenvalue weighted by molar-refractivity contribution is 6.31. The van der Waals surface area contributed by atoms with E-state index >= 15 is 0 Å². The van der Waals surface area contributed by atoms with E-state index in [2.05, 4.69) is 0 Å². The Hall–Kier alpha value is -1.81. The molecule has 0 aromatic heterocycles. The summed E-state index contributed by atoms with van der Waals surface area (Å²) in [5, 5.41) is 0.417. The molecular weight excluding hydrogens is 277 g/mol. The van der Waals surface area contributed by atoms with Crippen molar-refractivity contribution in [3.05, 3.63) is 58.6 Å². The maximum atomic E-state index is 12.5. The number of carbonyl (C=O) groups excluding carboxylic acids is 1. The third-order valence-corrected chi connectivity index (χ3v) is 2.90. The lowest BCUT2D eigenvalue weighted by atomic mass is 9.99. The minimum Gasteiger partial charge on any atom is -0.298 e. The van der Waals surface area contributed by atoms with E-state index in [-0.39, 0.29) is 0 Å². The number of halogens is 4. The lowest BCUT2D eigenvalue weighted by Crippen LogP contribution is -2.04. The van der Waals surface area contributed by atoms with Crippen LogP contribution in [0.2, 0.25) is 5.02 Å². The van der Waals surface area contributed by atoms with E-state index in [0.717, 1.165) is 12.1 Å². The van der Waals surface area contributed by atoms with Crippen molar-refractivity contribution in [2.24, 2.45) is 0 Å². The third-order valence-electron chi connectivity index (χ3n) is 2.67. The number of benzene rings is 2. The normalized spacial score (nSPS) is 11.4. The maximum absolute atomic E-state index is 12.5. The summed E-state index contributed by atoms with van der Waals surface area (Å²) in [6.45, 7) is 0. The first-order valence-electron chi connectivity index (χ1n) is 5.34. The quantitative estimate of drug-likeness (QED) is 0.721. The highest BCUT2D eigenvalue weighted by Gasteiger charge is 2.30. The van der Waals surface area contributed by atoms with Gasteiger partial charge in [0, 0.05) is 10.6 Å². The van der Waals surface area contributed by atoms with Crippen molar-refractivity contribution < 1.29 is 18.0 Å². The van der Waals surface area contributed by atoms with Gasteiger partial charge in [-0.15, -0.1) is 0 Å². The van der Waals surface area contributed by atoms with Crippen LogP contribution in [-0.2, 0) is 6.18 Å². The van der Waals surface area contributed by atoms with Crippen LogP contribution in [0.3, 0.4) is 0 Å². The second-order valence-corrected chi connectivity index (χ2v) is 4.36. The SMILES string of the molecule is O=Cc1ccc(Cl)cc1-c1ccc(C(F)(F)F)cc1. The molecule has 19 heavy (non-hydrogen) atoms. The van der Waals surface area contributed by atoms with Crippen LogP contribution in [0, 0.1) is 0 Å². The van der Waals surface area contributed by atoms with Gasteiger partial charge in [0.15, 0.2) is 6.29 Å². The van der Waals surface area contributed by atoms with Crippen LogP contribution in [0.15, 0.2) is 42.5 Å². The summed E-state index contributed by atoms with van der Waals surface area (Å²) in [7, 11) is 0. The predicted octanol–water partition coefficient (Wildman–Crippen LogP) is 4.84. The summed E-state index contributed by atoms with van der Waals surface area (Å²) >= 11 is 5.83. The standard InChI is InChI=1S/C14H8ClF3O/c15-12-6-3-10(8-19)13(7-12)9-1-4-11(5-2-9)14(16,17)18/h1-8H. The topological polar surface area (TPSA) is 17.1 Å². The van der Waals surface area contributed by atoms with E-state index in [1.165, 1.54) is 18.2 Å². The Morgan fingerprint density at radius 3 is 2.16 bits per heavy atom. The van der Waals surface area contributed by atoms with Crippen molar-refractivity contribution >= 4 is 17.9 Å². The summed E-state index contributed by atoms with van der Waals surface area (Å²) in [6.07, 6.45) is -3.73. The fourth-order valence-electron chi connectivity index (χ4n) is 1.72. The van der Waals surface area contributed by atoms with Gasteiger partial charge in [-0.3, -0.25) is 4.79 Å². The molecule has 0 unspecified atom stereocenters. The Morgan fingerprint density at radius 2 is 1.63 bits per heavy atom. The van der Waals surface area contributed by atoms with Gasteiger partial charge in [-0.25, -0.2) is 0 Å². The van der Waals surface area contributed by atoms with Crippen LogP contribution in [-0.4, -0.2) is 6.29 Å². The largest absolute Gasteiger partial charge is 0.416 e. The molecule has 0 N–H and O–H groups in total. The first-order chi connectivity index (χ1) is 8.91. The molecule has 2 rings (SSSR count). The van der Waals surface area contributed by atoms with Crippen molar-refractivity contribution in [2.45, 2.75) is 6.18 Å². The molecule has 0 fully saturated rings. The molecule has 0 aliphatic carbocycles. The summed E-state index contributed by atoms with van der Waals surface area (Å²) < 4.78 is 37.4. The zero-order chi connectivity index (χ0) is 14.0. The van der Waals surface area contributed by atoms with E-state index in [4.69, 9.17) is 11.6 Å². The van der Waals surface area contributed by atoms with Gasteiger partial charge in [0.05, 0.1) is 5.56 Å². The first-order valence-corrected chi connectivity index (χ1v) is 5.72. The van der Waals surface area contributed by atoms with E-state index in [1.54, 1.807) is 12.1 Å². The minimum absolute atomic E-state index is 0.379. The Kier molecular flexibility index (Phi) is 3.62. The van der Waals surface area contributed by atoms with Crippen molar-refractivity contribution in [2.75, 3.05) is 0 Å². The average molecular weight is 285 g/mol. The molecular formula is C14H8ClF3O. The van der Waals surface area contributed by atoms with Crippen molar-refractivity contribution in [3.63, 3.8) is 0 Å². The van der Waals surface area contributed by atoms with Gasteiger partial charge in [0.2, 0.25) is 0 Å². The molecule has 0 saturated heterocycles. The zero-order valence-corrected chi connectivity index (χ0v) is 10.3. The molecule has 0 heterocycles. The predicted molar refractivity (Wildman–Crippen MR) is 67.3 cm³/mol. The van der Waals surface area contributed by atoms with E-state index in [1.807, 2.05) is 0 Å². The molecule has 0 aliphatic heterocycles. The number of carbonyl (C=O) groups is 1. The number of hydrogen-bond donors (Lipinski definition) is 0. The summed E-state index contributed by atoms with van der Waals surface area (Å²) in [6, 6.07) is 9.23. The first kappa shape index (κ1) is 13.6. The number of rotatable bonds is 2. The highest BCUT2D eigenvalue weighted by atomic mass is 35.5. The van der Waals surface area contributed by atoms with Gasteiger partial charge in [-0.2, -0.15) is 13.2 Å². The Morgan fingerprint density at radius 1 is 1.00 bits per heavy atom. The number of alkyl halides is 3. The average Bonchev–Trinajstić information content (AvgIpc) is 2.38. The Bertz CT molecular complexity index is 603. The molecule has 0 bridgehead atoms. The second kappa shape index (κ2) is 5.05. The summed E-state index contributed by atoms with van der Waals surface area (Å²) in [5.74, 6) is 0. The molecule has 0 radical (unpaired) electrons. The molecule has 5 heteroatoms. The number of hydrogen-bond acceptors (Lipinski definition) is 1. The third kappa shape index (κ3) is 2.96. The van der Waals surface area contributed by atoms with Gasteiger partial charge < -0.3 is 0 Å². The van der Waals surface area contributed by atoms with E-state index in [0.29, 0.717) is 28.0 Å². The molecule has 1 nitrogen and oxygen atoms in total. The van der Waals surface area contributed by atoms with Crippen LogP contribution in [0.5, 0.6) is 0 Å². The molecule has 98 valence electrons. The van der Waals surface area contributed by atoms with E-state index in [9.17, 15) is 18.0 Å². The van der Waals surface area contributed by atoms with Gasteiger partial charge in [-0.05, 0) is 41.5 Å². The fourth-order valence-corrected chi connectivity index (χ4v) is 1.89. The van der Waals surface area contributed by atoms with Gasteiger partial charge in [-0.1, -0.05) is 23.7 Å². The lowest BCUT2D eigenvalue weighted by molar-refractivity contribution is -0.137. The van der Waals surface area contributed by atoms with Crippen LogP contribution in [0.4, 0.5) is 13.2 Å². The smallest absolute Gasteiger partial charge is 0.298 e. The van der Waals surface area contributed by atoms with Crippen molar-refractivity contribution in [1.82, 2.24) is 0 Å². The fraction of sp³-hybridized carbons (Fsp3) is 0.0714. The summed E-state index contributed by atoms with van der Waals surface area (Å²) in [5.41, 5.74) is 0.670. The Labute approximate surface area is 112 Å². The highest BCUT2D eigenvalue weighted by Crippen LogP contribution is 2.32. The second-order valence-electron chi connectivity index (χ2n) is 3.92. The monoisotopic (exact) mass is 284 g/mol. The minimum atomic E-state index is -4.37. The molecule has 2 aromatic carbocycles. The Balaban J connectivity index is 2.48. The zero-order valence-electron chi connectivity index (χ0n) is 9.54. The molecule has 0 atom stereocenters. The van der Waals surface area contributed by atoms with Crippen LogP contribution >= 0.6 is 11.6 Å². The van der Waals surface area contributed by atoms with Crippen molar-refractivity contribution in [3.8, 4) is 11.1 Å². The van der Waals surface area contributed by atoms with Gasteiger partial charge in [0.25, 0.3) is 0 Å². The molecule has 2 aromatic rings. The number of aldehydes is 1. The molecule has 0 aliphatic rings. The van der Waals surface area contributed by atoms with Crippen LogP contribution in [0.25, 0.3) is 11.1 Å². The lowest BCUT2D eigenvalue weighted by Gasteiger charge is -2.09. The summed E-state index contributed by atoms with van der Waals surface area (Å²) in [4.78, 5) is 10.9. The van der Waals surface area contributed by atoms with Crippen LogP contribution < -0.4 is 0 Å². The van der Waals surface area contributed by atoms with E-state index < -0.39 is 11.7 Å². The van der Waals surface area contributed by atoms with Gasteiger partial charge in [0.1, 0.15) is 0 Å². The van der Waals surface area contributed by atoms with Crippen LogP contribution in [0.1, 0.15) is 15.9 Å². The van der Waals surface area contributed by atoms with Crippen molar-refractivity contribution in [1.29, 1.82) is 0 Å². The molecule has 0 saturated carbocycles. The molecule has 0 spiro atoms. The maximum Gasteiger partial charge on any atom is 0.416 e.